The van der Waals surface area contributed by atoms with E-state index in [0.717, 1.165) is 38.8 Å². The van der Waals surface area contributed by atoms with Crippen molar-refractivity contribution in [2.24, 2.45) is 0 Å². The Morgan fingerprint density at radius 3 is 2.09 bits per heavy atom. The lowest BCUT2D eigenvalue weighted by Gasteiger charge is -2.12. The Hall–Kier alpha value is -2.71. The van der Waals surface area contributed by atoms with E-state index in [1.807, 2.05) is 54.6 Å². The smallest absolute Gasteiger partial charge is 0.115 e. The molecule has 1 aromatic heterocycles. The van der Waals surface area contributed by atoms with Crippen LogP contribution in [0.1, 0.15) is 0 Å². The third-order valence-electron chi connectivity index (χ3n) is 4.11. The van der Waals surface area contributed by atoms with E-state index in [2.05, 4.69) is 23.2 Å². The Morgan fingerprint density at radius 2 is 1.30 bits per heavy atom. The Labute approximate surface area is 139 Å². The van der Waals surface area contributed by atoms with E-state index in [9.17, 15) is 0 Å². The largest absolute Gasteiger partial charge is 0.398 e. The summed E-state index contributed by atoms with van der Waals surface area (Å²) in [5.74, 6) is 0. The number of aromatic nitrogens is 1. The quantitative estimate of drug-likeness (QED) is 0.455. The molecular formula is C20H15ClN2. The average molecular weight is 319 g/mol. The molecule has 2 nitrogen and oxygen atoms in total. The van der Waals surface area contributed by atoms with E-state index >= 15 is 0 Å². The topological polar surface area (TPSA) is 41.8 Å². The minimum atomic E-state index is 0.646. The van der Waals surface area contributed by atoms with Gasteiger partial charge in [0.15, 0.2) is 0 Å². The number of nitrogens with one attached hydrogen (secondary N) is 1. The van der Waals surface area contributed by atoms with Gasteiger partial charge in [0.25, 0.3) is 0 Å². The molecule has 0 amide bonds. The molecule has 4 aromatic rings. The summed E-state index contributed by atoms with van der Waals surface area (Å²) < 4.78 is 0. The van der Waals surface area contributed by atoms with Gasteiger partial charge in [-0.1, -0.05) is 72.3 Å². The Morgan fingerprint density at radius 1 is 0.696 bits per heavy atom. The molecule has 0 aliphatic rings. The highest BCUT2D eigenvalue weighted by atomic mass is 35.5. The van der Waals surface area contributed by atoms with Crippen LogP contribution >= 0.6 is 11.6 Å². The van der Waals surface area contributed by atoms with Gasteiger partial charge in [0.05, 0.1) is 0 Å². The molecule has 0 unspecified atom stereocenters. The number of aromatic amines is 1. The standard InChI is InChI=1S/C20H15ClN2/c21-20-19(16-10-4-6-12-18(16)23-20)15-9-2-1-7-13(15)14-8-3-5-11-17(14)22/h1-12,23H,22H2. The molecule has 112 valence electrons. The van der Waals surface area contributed by atoms with Crippen molar-refractivity contribution in [3.8, 4) is 22.3 Å². The molecule has 0 saturated carbocycles. The lowest BCUT2D eigenvalue weighted by atomic mass is 9.93. The predicted octanol–water partition coefficient (Wildman–Crippen LogP) is 5.74. The number of anilines is 1. The third kappa shape index (κ3) is 2.28. The maximum absolute atomic E-state index is 6.51. The number of hydrogen-bond acceptors (Lipinski definition) is 1. The van der Waals surface area contributed by atoms with Crippen molar-refractivity contribution in [3.05, 3.63) is 77.9 Å². The zero-order valence-electron chi connectivity index (χ0n) is 12.4. The summed E-state index contributed by atoms with van der Waals surface area (Å²) in [4.78, 5) is 3.25. The first-order valence-corrected chi connectivity index (χ1v) is 7.84. The van der Waals surface area contributed by atoms with Gasteiger partial charge in [0.2, 0.25) is 0 Å². The van der Waals surface area contributed by atoms with Crippen molar-refractivity contribution >= 4 is 28.2 Å². The Bertz CT molecular complexity index is 1000. The molecule has 0 aliphatic heterocycles. The first kappa shape index (κ1) is 13.9. The molecule has 4 rings (SSSR count). The maximum Gasteiger partial charge on any atom is 0.115 e. The van der Waals surface area contributed by atoms with Crippen LogP contribution in [0.15, 0.2) is 72.8 Å². The van der Waals surface area contributed by atoms with E-state index in [1.165, 1.54) is 0 Å². The van der Waals surface area contributed by atoms with Crippen LogP contribution in [-0.2, 0) is 0 Å². The van der Waals surface area contributed by atoms with Crippen LogP contribution in [0.25, 0.3) is 33.2 Å². The van der Waals surface area contributed by atoms with Crippen LogP contribution in [0, 0.1) is 0 Å². The number of hydrogen-bond donors (Lipinski definition) is 2. The fraction of sp³-hybridized carbons (Fsp3) is 0. The van der Waals surface area contributed by atoms with Crippen molar-refractivity contribution in [1.29, 1.82) is 0 Å². The molecule has 3 aromatic carbocycles. The van der Waals surface area contributed by atoms with Crippen LogP contribution in [-0.4, -0.2) is 4.98 Å². The van der Waals surface area contributed by atoms with Crippen LogP contribution in [0.5, 0.6) is 0 Å². The highest BCUT2D eigenvalue weighted by Crippen LogP contribution is 2.41. The SMILES string of the molecule is Nc1ccccc1-c1ccccc1-c1c(Cl)[nH]c2ccccc12. The fourth-order valence-corrected chi connectivity index (χ4v) is 3.36. The summed E-state index contributed by atoms with van der Waals surface area (Å²) in [7, 11) is 0. The summed E-state index contributed by atoms with van der Waals surface area (Å²) in [6, 6.07) is 24.3. The summed E-state index contributed by atoms with van der Waals surface area (Å²) >= 11 is 6.51. The van der Waals surface area contributed by atoms with Crippen LogP contribution in [0.2, 0.25) is 5.15 Å². The molecule has 1 heterocycles. The molecule has 3 heteroatoms. The minimum absolute atomic E-state index is 0.646. The van der Waals surface area contributed by atoms with Crippen LogP contribution in [0.3, 0.4) is 0 Å². The molecule has 0 radical (unpaired) electrons. The van der Waals surface area contributed by atoms with Gasteiger partial charge in [-0.3, -0.25) is 0 Å². The van der Waals surface area contributed by atoms with Crippen molar-refractivity contribution in [3.63, 3.8) is 0 Å². The van der Waals surface area contributed by atoms with Crippen molar-refractivity contribution in [1.82, 2.24) is 4.98 Å². The highest BCUT2D eigenvalue weighted by Gasteiger charge is 2.16. The summed E-state index contributed by atoms with van der Waals surface area (Å²) in [6.45, 7) is 0. The fourth-order valence-electron chi connectivity index (χ4n) is 3.05. The normalized spacial score (nSPS) is 11.0. The molecule has 0 bridgehead atoms. The average Bonchev–Trinajstić information content (AvgIpc) is 2.91. The molecule has 0 fully saturated rings. The first-order chi connectivity index (χ1) is 11.3. The predicted molar refractivity (Wildman–Crippen MR) is 98.6 cm³/mol. The van der Waals surface area contributed by atoms with Gasteiger partial charge in [-0.2, -0.15) is 0 Å². The summed E-state index contributed by atoms with van der Waals surface area (Å²) in [5, 5.41) is 1.76. The molecular weight excluding hydrogens is 304 g/mol. The zero-order chi connectivity index (χ0) is 15.8. The van der Waals surface area contributed by atoms with Gasteiger partial charge < -0.3 is 10.7 Å². The van der Waals surface area contributed by atoms with E-state index in [4.69, 9.17) is 17.3 Å². The van der Waals surface area contributed by atoms with E-state index in [0.29, 0.717) is 5.15 Å². The van der Waals surface area contributed by atoms with E-state index < -0.39 is 0 Å². The lowest BCUT2D eigenvalue weighted by Crippen LogP contribution is -1.91. The molecule has 0 saturated heterocycles. The van der Waals surface area contributed by atoms with Crippen molar-refractivity contribution < 1.29 is 0 Å². The summed E-state index contributed by atoms with van der Waals surface area (Å²) in [5.41, 5.74) is 12.2. The van der Waals surface area contributed by atoms with Gasteiger partial charge in [-0.15, -0.1) is 0 Å². The number of para-hydroxylation sites is 2. The van der Waals surface area contributed by atoms with Crippen LogP contribution < -0.4 is 5.73 Å². The van der Waals surface area contributed by atoms with Crippen LogP contribution in [0.4, 0.5) is 5.69 Å². The van der Waals surface area contributed by atoms with Crippen molar-refractivity contribution in [2.45, 2.75) is 0 Å². The molecule has 0 atom stereocenters. The number of fused-ring (bicyclic) bond motifs is 1. The van der Waals surface area contributed by atoms with Gasteiger partial charge in [0.1, 0.15) is 5.15 Å². The molecule has 0 spiro atoms. The second-order valence-corrected chi connectivity index (χ2v) is 5.87. The lowest BCUT2D eigenvalue weighted by molar-refractivity contribution is 1.47. The van der Waals surface area contributed by atoms with E-state index in [-0.39, 0.29) is 0 Å². The Balaban J connectivity index is 2.04. The summed E-state index contributed by atoms with van der Waals surface area (Å²) in [6.07, 6.45) is 0. The number of rotatable bonds is 2. The minimum Gasteiger partial charge on any atom is -0.398 e. The molecule has 23 heavy (non-hydrogen) atoms. The second kappa shape index (κ2) is 5.49. The van der Waals surface area contributed by atoms with Gasteiger partial charge in [-0.05, 0) is 23.3 Å². The monoisotopic (exact) mass is 318 g/mol. The number of nitrogen functional groups attached to an aromatic ring is 1. The van der Waals surface area contributed by atoms with Gasteiger partial charge in [0, 0.05) is 27.7 Å². The van der Waals surface area contributed by atoms with Crippen molar-refractivity contribution in [2.75, 3.05) is 5.73 Å². The number of nitrogens with two attached hydrogens (primary N) is 1. The number of benzene rings is 3. The third-order valence-corrected chi connectivity index (χ3v) is 4.39. The maximum atomic E-state index is 6.51. The highest BCUT2D eigenvalue weighted by molar-refractivity contribution is 6.35. The van der Waals surface area contributed by atoms with E-state index in [1.54, 1.807) is 0 Å². The Kier molecular flexibility index (Phi) is 3.32. The number of H-pyrrole nitrogens is 1. The van der Waals surface area contributed by atoms with Gasteiger partial charge >= 0.3 is 0 Å². The zero-order valence-corrected chi connectivity index (χ0v) is 13.1. The second-order valence-electron chi connectivity index (χ2n) is 5.49. The molecule has 3 N–H and O–H groups in total. The molecule has 0 aliphatic carbocycles. The number of halogens is 1. The van der Waals surface area contributed by atoms with Gasteiger partial charge in [-0.25, -0.2) is 0 Å². The first-order valence-electron chi connectivity index (χ1n) is 7.46.